The lowest BCUT2D eigenvalue weighted by molar-refractivity contribution is 0.178. The first-order valence-electron chi connectivity index (χ1n) is 6.58. The van der Waals surface area contributed by atoms with Gasteiger partial charge in [0, 0.05) is 6.42 Å². The molecule has 2 aromatic rings. The molecule has 0 amide bonds. The molecule has 19 heavy (non-hydrogen) atoms. The van der Waals surface area contributed by atoms with Gasteiger partial charge in [0.2, 0.25) is 0 Å². The van der Waals surface area contributed by atoms with Gasteiger partial charge in [0.15, 0.2) is 0 Å². The molecular formula is C17H19FO. The van der Waals surface area contributed by atoms with Gasteiger partial charge in [0.25, 0.3) is 0 Å². The number of benzene rings is 2. The highest BCUT2D eigenvalue weighted by Gasteiger charge is 2.09. The highest BCUT2D eigenvalue weighted by molar-refractivity contribution is 5.27. The first-order chi connectivity index (χ1) is 9.06. The minimum absolute atomic E-state index is 0.264. The van der Waals surface area contributed by atoms with E-state index in [2.05, 4.69) is 13.8 Å². The summed E-state index contributed by atoms with van der Waals surface area (Å²) in [4.78, 5) is 0. The molecule has 0 aromatic heterocycles. The molecule has 0 heterocycles. The van der Waals surface area contributed by atoms with E-state index in [-0.39, 0.29) is 5.82 Å². The van der Waals surface area contributed by atoms with Crippen molar-refractivity contribution in [1.82, 2.24) is 0 Å². The van der Waals surface area contributed by atoms with E-state index in [0.717, 1.165) is 11.1 Å². The van der Waals surface area contributed by atoms with Gasteiger partial charge < -0.3 is 5.11 Å². The van der Waals surface area contributed by atoms with Crippen LogP contribution in [0.3, 0.4) is 0 Å². The molecule has 2 heteroatoms. The van der Waals surface area contributed by atoms with E-state index in [1.54, 1.807) is 6.07 Å². The lowest BCUT2D eigenvalue weighted by Gasteiger charge is -2.13. The minimum atomic E-state index is -0.594. The number of halogens is 1. The van der Waals surface area contributed by atoms with Gasteiger partial charge in [-0.1, -0.05) is 50.2 Å². The van der Waals surface area contributed by atoms with Crippen LogP contribution in [0, 0.1) is 5.82 Å². The second kappa shape index (κ2) is 5.98. The Labute approximate surface area is 113 Å². The van der Waals surface area contributed by atoms with Crippen LogP contribution >= 0.6 is 0 Å². The van der Waals surface area contributed by atoms with Crippen LogP contribution in [0.2, 0.25) is 0 Å². The van der Waals surface area contributed by atoms with Crippen molar-refractivity contribution in [2.75, 3.05) is 0 Å². The van der Waals surface area contributed by atoms with E-state index in [4.69, 9.17) is 0 Å². The van der Waals surface area contributed by atoms with Crippen LogP contribution in [0.25, 0.3) is 0 Å². The average Bonchev–Trinajstić information content (AvgIpc) is 2.39. The number of hydrogen-bond acceptors (Lipinski definition) is 1. The second-order valence-electron chi connectivity index (χ2n) is 5.17. The Morgan fingerprint density at radius 3 is 2.21 bits per heavy atom. The Kier molecular flexibility index (Phi) is 4.33. The number of aliphatic hydroxyl groups is 1. The van der Waals surface area contributed by atoms with Gasteiger partial charge in [0.05, 0.1) is 6.10 Å². The molecule has 0 aliphatic rings. The van der Waals surface area contributed by atoms with Gasteiger partial charge in [-0.2, -0.15) is 0 Å². The zero-order chi connectivity index (χ0) is 13.8. The van der Waals surface area contributed by atoms with Crippen LogP contribution in [0.4, 0.5) is 4.39 Å². The Bertz CT molecular complexity index is 531. The third-order valence-electron chi connectivity index (χ3n) is 3.31. The highest BCUT2D eigenvalue weighted by atomic mass is 19.1. The van der Waals surface area contributed by atoms with Crippen molar-refractivity contribution >= 4 is 0 Å². The maximum Gasteiger partial charge on any atom is 0.123 e. The molecule has 2 aromatic carbocycles. The van der Waals surface area contributed by atoms with Crippen molar-refractivity contribution in [2.45, 2.75) is 32.3 Å². The largest absolute Gasteiger partial charge is 0.388 e. The molecule has 0 saturated heterocycles. The highest BCUT2D eigenvalue weighted by Crippen LogP contribution is 2.21. The summed E-state index contributed by atoms with van der Waals surface area (Å²) in [5.41, 5.74) is 2.93. The number of hydrogen-bond donors (Lipinski definition) is 1. The SMILES string of the molecule is CC(C)c1ccc(C(O)Cc2cccc(F)c2)cc1. The molecule has 1 nitrogen and oxygen atoms in total. The summed E-state index contributed by atoms with van der Waals surface area (Å²) in [7, 11) is 0. The predicted molar refractivity (Wildman–Crippen MR) is 75.6 cm³/mol. The van der Waals surface area contributed by atoms with Gasteiger partial charge in [-0.25, -0.2) is 4.39 Å². The fourth-order valence-electron chi connectivity index (χ4n) is 2.11. The van der Waals surface area contributed by atoms with Gasteiger partial charge in [-0.3, -0.25) is 0 Å². The van der Waals surface area contributed by atoms with Crippen LogP contribution in [-0.4, -0.2) is 5.11 Å². The molecule has 0 saturated carbocycles. The molecule has 1 N–H and O–H groups in total. The van der Waals surface area contributed by atoms with Crippen molar-refractivity contribution in [1.29, 1.82) is 0 Å². The van der Waals surface area contributed by atoms with Crippen LogP contribution in [0.1, 0.15) is 42.6 Å². The monoisotopic (exact) mass is 258 g/mol. The van der Waals surface area contributed by atoms with Gasteiger partial charge in [0.1, 0.15) is 5.82 Å². The molecule has 0 spiro atoms. The Balaban J connectivity index is 2.09. The van der Waals surface area contributed by atoms with Crippen LogP contribution < -0.4 is 0 Å². The van der Waals surface area contributed by atoms with E-state index in [0.29, 0.717) is 12.3 Å². The van der Waals surface area contributed by atoms with Gasteiger partial charge in [-0.05, 0) is 34.7 Å². The minimum Gasteiger partial charge on any atom is -0.388 e. The summed E-state index contributed by atoms with van der Waals surface area (Å²) < 4.78 is 13.1. The summed E-state index contributed by atoms with van der Waals surface area (Å²) in [6.45, 7) is 4.27. The summed E-state index contributed by atoms with van der Waals surface area (Å²) >= 11 is 0. The molecule has 100 valence electrons. The van der Waals surface area contributed by atoms with Crippen LogP contribution in [0.5, 0.6) is 0 Å². The third-order valence-corrected chi connectivity index (χ3v) is 3.31. The molecule has 2 rings (SSSR count). The first-order valence-corrected chi connectivity index (χ1v) is 6.58. The molecule has 0 radical (unpaired) electrons. The lowest BCUT2D eigenvalue weighted by atomic mass is 9.97. The van der Waals surface area contributed by atoms with Crippen molar-refractivity contribution < 1.29 is 9.50 Å². The summed E-state index contributed by atoms with van der Waals surface area (Å²) in [5.74, 6) is 0.217. The summed E-state index contributed by atoms with van der Waals surface area (Å²) in [6.07, 6.45) is -0.165. The van der Waals surface area contributed by atoms with Crippen molar-refractivity contribution in [3.8, 4) is 0 Å². The van der Waals surface area contributed by atoms with Crippen molar-refractivity contribution in [3.05, 3.63) is 71.0 Å². The summed E-state index contributed by atoms with van der Waals surface area (Å²) in [5, 5.41) is 10.2. The average molecular weight is 258 g/mol. The third kappa shape index (κ3) is 3.65. The van der Waals surface area contributed by atoms with Crippen molar-refractivity contribution in [3.63, 3.8) is 0 Å². The molecular weight excluding hydrogens is 239 g/mol. The van der Waals surface area contributed by atoms with Gasteiger partial charge in [-0.15, -0.1) is 0 Å². The normalized spacial score (nSPS) is 12.7. The fourth-order valence-corrected chi connectivity index (χ4v) is 2.11. The Morgan fingerprint density at radius 2 is 1.63 bits per heavy atom. The van der Waals surface area contributed by atoms with Gasteiger partial charge >= 0.3 is 0 Å². The number of rotatable bonds is 4. The van der Waals surface area contributed by atoms with E-state index in [9.17, 15) is 9.50 Å². The van der Waals surface area contributed by atoms with E-state index in [1.165, 1.54) is 17.7 Å². The predicted octanol–water partition coefficient (Wildman–Crippen LogP) is 4.23. The summed E-state index contributed by atoms with van der Waals surface area (Å²) in [6, 6.07) is 14.3. The fraction of sp³-hybridized carbons (Fsp3) is 0.294. The topological polar surface area (TPSA) is 20.2 Å². The molecule has 0 bridgehead atoms. The maximum absolute atomic E-state index is 13.1. The molecule has 0 aliphatic heterocycles. The second-order valence-corrected chi connectivity index (χ2v) is 5.17. The molecule has 1 unspecified atom stereocenters. The van der Waals surface area contributed by atoms with E-state index < -0.39 is 6.10 Å². The number of aliphatic hydroxyl groups excluding tert-OH is 1. The van der Waals surface area contributed by atoms with Crippen LogP contribution in [0.15, 0.2) is 48.5 Å². The standard InChI is InChI=1S/C17H19FO/c1-12(2)14-6-8-15(9-7-14)17(19)11-13-4-3-5-16(18)10-13/h3-10,12,17,19H,11H2,1-2H3. The Morgan fingerprint density at radius 1 is 1.00 bits per heavy atom. The molecule has 0 aliphatic carbocycles. The smallest absolute Gasteiger partial charge is 0.123 e. The lowest BCUT2D eigenvalue weighted by Crippen LogP contribution is -2.02. The van der Waals surface area contributed by atoms with E-state index in [1.807, 2.05) is 30.3 Å². The zero-order valence-corrected chi connectivity index (χ0v) is 11.3. The van der Waals surface area contributed by atoms with Crippen LogP contribution in [-0.2, 0) is 6.42 Å². The quantitative estimate of drug-likeness (QED) is 0.870. The maximum atomic E-state index is 13.1. The zero-order valence-electron chi connectivity index (χ0n) is 11.3. The molecule has 0 fully saturated rings. The first kappa shape index (κ1) is 13.8. The Hall–Kier alpha value is -1.67. The molecule has 1 atom stereocenters. The van der Waals surface area contributed by atoms with Crippen molar-refractivity contribution in [2.24, 2.45) is 0 Å². The van der Waals surface area contributed by atoms with E-state index >= 15 is 0 Å².